The largest absolute Gasteiger partial charge is 0.299 e. The van der Waals surface area contributed by atoms with Crippen molar-refractivity contribution in [1.82, 2.24) is 30.3 Å². The van der Waals surface area contributed by atoms with Gasteiger partial charge in [-0.3, -0.25) is 15.1 Å². The van der Waals surface area contributed by atoms with Crippen LogP contribution < -0.4 is 0 Å². The van der Waals surface area contributed by atoms with Crippen LogP contribution in [0.5, 0.6) is 0 Å². The van der Waals surface area contributed by atoms with Gasteiger partial charge in [0, 0.05) is 24.3 Å². The zero-order valence-corrected chi connectivity index (χ0v) is 13.4. The first-order valence-electron chi connectivity index (χ1n) is 8.37. The van der Waals surface area contributed by atoms with Crippen LogP contribution in [0.25, 0.3) is 10.9 Å². The van der Waals surface area contributed by atoms with Crippen LogP contribution in [-0.4, -0.2) is 43.4 Å². The number of hydrogen-bond acceptors (Lipinski definition) is 4. The van der Waals surface area contributed by atoms with Crippen molar-refractivity contribution in [2.75, 3.05) is 13.1 Å². The third-order valence-corrected chi connectivity index (χ3v) is 4.75. The molecule has 0 saturated carbocycles. The average molecular weight is 310 g/mol. The minimum atomic E-state index is 0.498. The van der Waals surface area contributed by atoms with Crippen LogP contribution >= 0.6 is 0 Å². The Morgan fingerprint density at radius 3 is 2.87 bits per heavy atom. The lowest BCUT2D eigenvalue weighted by Crippen LogP contribution is -2.32. The second kappa shape index (κ2) is 6.12. The number of hydrogen-bond donors (Lipinski definition) is 2. The van der Waals surface area contributed by atoms with Gasteiger partial charge in [0.15, 0.2) is 5.82 Å². The van der Waals surface area contributed by atoms with E-state index in [1.165, 1.54) is 10.9 Å². The molecule has 0 aliphatic carbocycles. The normalized spacial score (nSPS) is 17.1. The lowest BCUT2D eigenvalue weighted by atomic mass is 9.96. The molecular weight excluding hydrogens is 288 g/mol. The lowest BCUT2D eigenvalue weighted by molar-refractivity contribution is 0.202. The highest BCUT2D eigenvalue weighted by Gasteiger charge is 2.23. The number of piperidine rings is 1. The molecule has 0 unspecified atom stereocenters. The predicted molar refractivity (Wildman–Crippen MR) is 89.1 cm³/mol. The Bertz CT molecular complexity index is 781. The van der Waals surface area contributed by atoms with Gasteiger partial charge < -0.3 is 0 Å². The van der Waals surface area contributed by atoms with Crippen molar-refractivity contribution in [2.24, 2.45) is 0 Å². The fourth-order valence-corrected chi connectivity index (χ4v) is 3.34. The maximum absolute atomic E-state index is 4.59. The van der Waals surface area contributed by atoms with Crippen molar-refractivity contribution in [3.8, 4) is 0 Å². The first kappa shape index (κ1) is 14.4. The second-order valence-electron chi connectivity index (χ2n) is 6.34. The fourth-order valence-electron chi connectivity index (χ4n) is 3.34. The smallest absolute Gasteiger partial charge is 0.153 e. The first-order valence-corrected chi connectivity index (χ1v) is 8.37. The van der Waals surface area contributed by atoms with E-state index in [9.17, 15) is 0 Å². The maximum Gasteiger partial charge on any atom is 0.153 e. The summed E-state index contributed by atoms with van der Waals surface area (Å²) >= 11 is 0. The summed E-state index contributed by atoms with van der Waals surface area (Å²) in [6, 6.07) is 6.55. The molecule has 1 aliphatic heterocycles. The number of fused-ring (bicyclic) bond motifs is 1. The number of likely N-dealkylation sites (tertiary alicyclic amines) is 1. The molecule has 0 bridgehead atoms. The lowest BCUT2D eigenvalue weighted by Gasteiger charge is -2.30. The van der Waals surface area contributed by atoms with E-state index in [2.05, 4.69) is 55.4 Å². The molecule has 120 valence electrons. The van der Waals surface area contributed by atoms with Gasteiger partial charge in [-0.15, -0.1) is 0 Å². The molecule has 0 atom stereocenters. The Morgan fingerprint density at radius 1 is 1.22 bits per heavy atom. The summed E-state index contributed by atoms with van der Waals surface area (Å²) in [7, 11) is 0. The van der Waals surface area contributed by atoms with Crippen molar-refractivity contribution in [3.63, 3.8) is 0 Å². The van der Waals surface area contributed by atoms with Crippen LogP contribution in [0.3, 0.4) is 0 Å². The molecule has 3 aromatic rings. The molecular formula is C17H22N6. The SMILES string of the molecule is CCc1nc(C2CCN(Cc3ccc4cn[nH]c4c3)CC2)n[nH]1. The molecule has 1 aliphatic rings. The summed E-state index contributed by atoms with van der Waals surface area (Å²) in [6.07, 6.45) is 5.05. The van der Waals surface area contributed by atoms with E-state index in [1.54, 1.807) is 0 Å². The van der Waals surface area contributed by atoms with E-state index in [-0.39, 0.29) is 0 Å². The third-order valence-electron chi connectivity index (χ3n) is 4.75. The zero-order valence-electron chi connectivity index (χ0n) is 13.4. The van der Waals surface area contributed by atoms with Gasteiger partial charge in [-0.2, -0.15) is 10.2 Å². The van der Waals surface area contributed by atoms with Crippen LogP contribution in [0, 0.1) is 0 Å². The number of H-pyrrole nitrogens is 2. The van der Waals surface area contributed by atoms with Crippen LogP contribution in [0.2, 0.25) is 0 Å². The zero-order chi connectivity index (χ0) is 15.6. The van der Waals surface area contributed by atoms with Crippen molar-refractivity contribution in [1.29, 1.82) is 0 Å². The molecule has 1 saturated heterocycles. The van der Waals surface area contributed by atoms with E-state index >= 15 is 0 Å². The van der Waals surface area contributed by atoms with Gasteiger partial charge in [0.1, 0.15) is 5.82 Å². The summed E-state index contributed by atoms with van der Waals surface area (Å²) in [5.74, 6) is 2.49. The van der Waals surface area contributed by atoms with E-state index in [0.717, 1.165) is 56.1 Å². The van der Waals surface area contributed by atoms with Crippen molar-refractivity contribution >= 4 is 10.9 Å². The average Bonchev–Trinajstić information content (AvgIpc) is 3.24. The minimum absolute atomic E-state index is 0.498. The standard InChI is InChI=1S/C17H22N6/c1-2-16-19-17(22-21-16)13-5-7-23(8-6-13)11-12-3-4-14-10-18-20-15(14)9-12/h3-4,9-10,13H,2,5-8,11H2,1H3,(H,18,20)(H,19,21,22). The molecule has 0 radical (unpaired) electrons. The van der Waals surface area contributed by atoms with E-state index in [4.69, 9.17) is 0 Å². The molecule has 4 rings (SSSR count). The second-order valence-corrected chi connectivity index (χ2v) is 6.34. The van der Waals surface area contributed by atoms with Crippen LogP contribution in [0.4, 0.5) is 0 Å². The van der Waals surface area contributed by atoms with Gasteiger partial charge in [0.2, 0.25) is 0 Å². The van der Waals surface area contributed by atoms with Gasteiger partial charge in [-0.1, -0.05) is 19.1 Å². The highest BCUT2D eigenvalue weighted by atomic mass is 15.2. The van der Waals surface area contributed by atoms with Gasteiger partial charge in [-0.25, -0.2) is 4.98 Å². The summed E-state index contributed by atoms with van der Waals surface area (Å²) in [4.78, 5) is 7.11. The summed E-state index contributed by atoms with van der Waals surface area (Å²) in [5.41, 5.74) is 2.46. The monoisotopic (exact) mass is 310 g/mol. The quantitative estimate of drug-likeness (QED) is 0.777. The van der Waals surface area contributed by atoms with Crippen LogP contribution in [0.15, 0.2) is 24.4 Å². The number of nitrogens with one attached hydrogen (secondary N) is 2. The molecule has 3 heterocycles. The fraction of sp³-hybridized carbons (Fsp3) is 0.471. The number of aryl methyl sites for hydroxylation is 1. The summed E-state index contributed by atoms with van der Waals surface area (Å²) in [5, 5.41) is 15.7. The molecule has 1 fully saturated rings. The molecule has 6 nitrogen and oxygen atoms in total. The first-order chi connectivity index (χ1) is 11.3. The highest BCUT2D eigenvalue weighted by Crippen LogP contribution is 2.26. The number of aromatic amines is 2. The maximum atomic E-state index is 4.59. The van der Waals surface area contributed by atoms with Gasteiger partial charge >= 0.3 is 0 Å². The summed E-state index contributed by atoms with van der Waals surface area (Å²) < 4.78 is 0. The van der Waals surface area contributed by atoms with Crippen molar-refractivity contribution in [2.45, 2.75) is 38.6 Å². The Labute approximate surface area is 135 Å². The molecule has 2 N–H and O–H groups in total. The molecule has 0 spiro atoms. The predicted octanol–water partition coefficient (Wildman–Crippen LogP) is 2.62. The van der Waals surface area contributed by atoms with Gasteiger partial charge in [-0.05, 0) is 37.6 Å². The van der Waals surface area contributed by atoms with E-state index < -0.39 is 0 Å². The Morgan fingerprint density at radius 2 is 2.09 bits per heavy atom. The Hall–Kier alpha value is -2.21. The third kappa shape index (κ3) is 2.99. The summed E-state index contributed by atoms with van der Waals surface area (Å²) in [6.45, 7) is 5.29. The molecule has 1 aromatic carbocycles. The molecule has 23 heavy (non-hydrogen) atoms. The number of benzene rings is 1. The Balaban J connectivity index is 1.37. The minimum Gasteiger partial charge on any atom is -0.299 e. The Kier molecular flexibility index (Phi) is 3.83. The van der Waals surface area contributed by atoms with Gasteiger partial charge in [0.25, 0.3) is 0 Å². The molecule has 6 heteroatoms. The van der Waals surface area contributed by atoms with E-state index in [0.29, 0.717) is 5.92 Å². The van der Waals surface area contributed by atoms with Crippen LogP contribution in [0.1, 0.15) is 42.9 Å². The van der Waals surface area contributed by atoms with Gasteiger partial charge in [0.05, 0.1) is 11.7 Å². The van der Waals surface area contributed by atoms with E-state index in [1.807, 2.05) is 6.20 Å². The van der Waals surface area contributed by atoms with Crippen molar-refractivity contribution in [3.05, 3.63) is 41.6 Å². The number of aromatic nitrogens is 5. The topological polar surface area (TPSA) is 73.5 Å². The van der Waals surface area contributed by atoms with Crippen LogP contribution in [-0.2, 0) is 13.0 Å². The molecule has 2 aromatic heterocycles. The number of nitrogens with zero attached hydrogens (tertiary/aromatic N) is 4. The van der Waals surface area contributed by atoms with Crippen molar-refractivity contribution < 1.29 is 0 Å². The molecule has 0 amide bonds. The number of rotatable bonds is 4. The highest BCUT2D eigenvalue weighted by molar-refractivity contribution is 5.78.